The summed E-state index contributed by atoms with van der Waals surface area (Å²) in [4.78, 5) is 20.8. The van der Waals surface area contributed by atoms with Crippen LogP contribution in [-0.2, 0) is 0 Å². The first-order valence-corrected chi connectivity index (χ1v) is 7.87. The number of nitrogens with zero attached hydrogens (tertiary/aromatic N) is 4. The molecule has 0 aliphatic heterocycles. The number of aliphatic hydroxyl groups excluding tert-OH is 1. The van der Waals surface area contributed by atoms with E-state index in [1.807, 2.05) is 0 Å². The molecule has 2 aromatic heterocycles. The van der Waals surface area contributed by atoms with Crippen molar-refractivity contribution in [3.63, 3.8) is 0 Å². The van der Waals surface area contributed by atoms with Crippen LogP contribution >= 0.6 is 22.9 Å². The van der Waals surface area contributed by atoms with Crippen LogP contribution in [0, 0.1) is 17.0 Å². The van der Waals surface area contributed by atoms with Crippen molar-refractivity contribution >= 4 is 39.4 Å². The molecule has 0 aliphatic rings. The molecule has 2 aromatic rings. The van der Waals surface area contributed by atoms with Gasteiger partial charge in [0, 0.05) is 24.8 Å². The Kier molecular flexibility index (Phi) is 5.69. The van der Waals surface area contributed by atoms with Gasteiger partial charge < -0.3 is 14.7 Å². The van der Waals surface area contributed by atoms with Crippen LogP contribution in [-0.4, -0.2) is 40.3 Å². The second kappa shape index (κ2) is 7.53. The number of aromatic nitrogens is 2. The number of pyridine rings is 1. The molecule has 0 spiro atoms. The minimum atomic E-state index is -0.480. The third kappa shape index (κ3) is 3.87. The molecule has 0 saturated carbocycles. The molecule has 124 valence electrons. The Balaban J connectivity index is 2.60. The normalized spacial score (nSPS) is 10.6. The SMILES string of the molecule is COc1cc(C)c([N+](=O)[O-])c(N(CCCO)c2cnc(Cl)s2)n1. The summed E-state index contributed by atoms with van der Waals surface area (Å²) in [7, 11) is 1.44. The molecule has 1 N–H and O–H groups in total. The van der Waals surface area contributed by atoms with Crippen molar-refractivity contribution in [2.24, 2.45) is 0 Å². The lowest BCUT2D eigenvalue weighted by Gasteiger charge is -2.22. The Hall–Kier alpha value is -1.97. The highest BCUT2D eigenvalue weighted by atomic mass is 35.5. The number of hydrogen-bond donors (Lipinski definition) is 1. The van der Waals surface area contributed by atoms with Gasteiger partial charge in [-0.15, -0.1) is 0 Å². The monoisotopic (exact) mass is 358 g/mol. The van der Waals surface area contributed by atoms with E-state index in [4.69, 9.17) is 21.4 Å². The first kappa shape index (κ1) is 17.4. The van der Waals surface area contributed by atoms with Crippen molar-refractivity contribution in [3.05, 3.63) is 32.4 Å². The molecule has 2 rings (SSSR count). The molecule has 2 heterocycles. The molecule has 8 nitrogen and oxygen atoms in total. The molecule has 0 aromatic carbocycles. The molecule has 0 aliphatic carbocycles. The van der Waals surface area contributed by atoms with Crippen molar-refractivity contribution in [2.75, 3.05) is 25.2 Å². The van der Waals surface area contributed by atoms with E-state index in [1.165, 1.54) is 30.7 Å². The second-order valence-electron chi connectivity index (χ2n) is 4.59. The van der Waals surface area contributed by atoms with Gasteiger partial charge in [-0.1, -0.05) is 22.9 Å². The first-order valence-electron chi connectivity index (χ1n) is 6.67. The van der Waals surface area contributed by atoms with Crippen molar-refractivity contribution in [1.82, 2.24) is 9.97 Å². The highest BCUT2D eigenvalue weighted by Crippen LogP contribution is 2.39. The van der Waals surface area contributed by atoms with Gasteiger partial charge in [0.2, 0.25) is 11.7 Å². The smallest absolute Gasteiger partial charge is 0.315 e. The third-order valence-electron chi connectivity index (χ3n) is 3.06. The summed E-state index contributed by atoms with van der Waals surface area (Å²) in [6.45, 7) is 1.89. The lowest BCUT2D eigenvalue weighted by atomic mass is 10.2. The quantitative estimate of drug-likeness (QED) is 0.599. The fraction of sp³-hybridized carbons (Fsp3) is 0.385. The summed E-state index contributed by atoms with van der Waals surface area (Å²) in [6, 6.07) is 1.51. The van der Waals surface area contributed by atoms with Crippen LogP contribution in [0.15, 0.2) is 12.3 Å². The number of aryl methyl sites for hydroxylation is 1. The van der Waals surface area contributed by atoms with Gasteiger partial charge in [0.15, 0.2) is 4.47 Å². The molecule has 0 amide bonds. The summed E-state index contributed by atoms with van der Waals surface area (Å²) in [5.41, 5.74) is 0.315. The van der Waals surface area contributed by atoms with E-state index in [0.29, 0.717) is 28.0 Å². The summed E-state index contributed by atoms with van der Waals surface area (Å²) in [6.07, 6.45) is 1.93. The minimum Gasteiger partial charge on any atom is -0.481 e. The Morgan fingerprint density at radius 1 is 1.57 bits per heavy atom. The molecular formula is C13H15ClN4O4S. The predicted molar refractivity (Wildman–Crippen MR) is 88.0 cm³/mol. The summed E-state index contributed by atoms with van der Waals surface area (Å²) >= 11 is 7.05. The number of rotatable bonds is 7. The van der Waals surface area contributed by atoms with Gasteiger partial charge >= 0.3 is 5.69 Å². The zero-order valence-electron chi connectivity index (χ0n) is 12.5. The van der Waals surface area contributed by atoms with Gasteiger partial charge in [0.25, 0.3) is 0 Å². The Morgan fingerprint density at radius 2 is 2.30 bits per heavy atom. The fourth-order valence-corrected chi connectivity index (χ4v) is 3.01. The molecule has 0 atom stereocenters. The summed E-state index contributed by atoms with van der Waals surface area (Å²) in [5.74, 6) is 0.410. The van der Waals surface area contributed by atoms with E-state index >= 15 is 0 Å². The van der Waals surface area contributed by atoms with Gasteiger partial charge in [0.05, 0.1) is 18.2 Å². The lowest BCUT2D eigenvalue weighted by Crippen LogP contribution is -2.21. The van der Waals surface area contributed by atoms with Crippen LogP contribution in [0.3, 0.4) is 0 Å². The molecule has 0 unspecified atom stereocenters. The van der Waals surface area contributed by atoms with E-state index in [9.17, 15) is 10.1 Å². The summed E-state index contributed by atoms with van der Waals surface area (Å²) in [5, 5.41) is 21.2. The number of nitro groups is 1. The Labute approximate surface area is 141 Å². The molecule has 23 heavy (non-hydrogen) atoms. The maximum Gasteiger partial charge on any atom is 0.315 e. The van der Waals surface area contributed by atoms with Crippen LogP contribution in [0.1, 0.15) is 12.0 Å². The highest BCUT2D eigenvalue weighted by molar-refractivity contribution is 7.19. The number of methoxy groups -OCH3 is 1. The Morgan fingerprint density at radius 3 is 2.83 bits per heavy atom. The summed E-state index contributed by atoms with van der Waals surface area (Å²) < 4.78 is 5.43. The van der Waals surface area contributed by atoms with E-state index in [0.717, 1.165) is 0 Å². The maximum absolute atomic E-state index is 11.5. The van der Waals surface area contributed by atoms with Gasteiger partial charge in [-0.05, 0) is 13.3 Å². The number of thiazole rings is 1. The minimum absolute atomic E-state index is 0.0558. The van der Waals surface area contributed by atoms with Crippen LogP contribution < -0.4 is 9.64 Å². The van der Waals surface area contributed by atoms with Crippen molar-refractivity contribution in [2.45, 2.75) is 13.3 Å². The number of ether oxygens (including phenoxy) is 1. The third-order valence-corrected chi connectivity index (χ3v) is 4.20. The number of halogens is 1. The van der Waals surface area contributed by atoms with Crippen molar-refractivity contribution < 1.29 is 14.8 Å². The average Bonchev–Trinajstić information content (AvgIpc) is 2.93. The number of hydrogen-bond acceptors (Lipinski definition) is 8. The predicted octanol–water partition coefficient (Wildman–Crippen LogP) is 2.94. The fourth-order valence-electron chi connectivity index (χ4n) is 2.06. The van der Waals surface area contributed by atoms with Gasteiger partial charge in [-0.2, -0.15) is 4.98 Å². The van der Waals surface area contributed by atoms with Crippen molar-refractivity contribution in [3.8, 4) is 5.88 Å². The molecular weight excluding hydrogens is 344 g/mol. The molecule has 0 fully saturated rings. The zero-order valence-corrected chi connectivity index (χ0v) is 14.1. The van der Waals surface area contributed by atoms with Crippen LogP contribution in [0.25, 0.3) is 0 Å². The highest BCUT2D eigenvalue weighted by Gasteiger charge is 2.27. The van der Waals surface area contributed by atoms with E-state index in [-0.39, 0.29) is 24.0 Å². The number of anilines is 2. The first-order chi connectivity index (χ1) is 11.0. The molecule has 0 bridgehead atoms. The van der Waals surface area contributed by atoms with Crippen LogP contribution in [0.4, 0.5) is 16.5 Å². The van der Waals surface area contributed by atoms with E-state index in [1.54, 1.807) is 11.8 Å². The zero-order chi connectivity index (χ0) is 17.0. The Bertz CT molecular complexity index is 709. The molecule has 0 radical (unpaired) electrons. The van der Waals surface area contributed by atoms with E-state index < -0.39 is 4.92 Å². The van der Waals surface area contributed by atoms with E-state index in [2.05, 4.69) is 9.97 Å². The van der Waals surface area contributed by atoms with Crippen LogP contribution in [0.2, 0.25) is 4.47 Å². The largest absolute Gasteiger partial charge is 0.481 e. The molecule has 0 saturated heterocycles. The average molecular weight is 359 g/mol. The molecule has 10 heteroatoms. The van der Waals surface area contributed by atoms with Crippen LogP contribution in [0.5, 0.6) is 5.88 Å². The number of aliphatic hydroxyl groups is 1. The van der Waals surface area contributed by atoms with Gasteiger partial charge in [-0.3, -0.25) is 10.1 Å². The maximum atomic E-state index is 11.5. The standard InChI is InChI=1S/C13H15ClN4O4S/c1-8-6-9(22-2)16-12(11(8)18(20)21)17(4-3-5-19)10-7-15-13(14)23-10/h6-7,19H,3-5H2,1-2H3. The lowest BCUT2D eigenvalue weighted by molar-refractivity contribution is -0.384. The second-order valence-corrected chi connectivity index (χ2v) is 6.18. The van der Waals surface area contributed by atoms with Crippen molar-refractivity contribution in [1.29, 1.82) is 0 Å². The van der Waals surface area contributed by atoms with Gasteiger partial charge in [0.1, 0.15) is 5.00 Å². The van der Waals surface area contributed by atoms with Gasteiger partial charge in [-0.25, -0.2) is 4.98 Å². The topological polar surface area (TPSA) is 102 Å².